The Bertz CT molecular complexity index is 287. The highest BCUT2D eigenvalue weighted by molar-refractivity contribution is 7.89. The molecule has 1 atom stereocenters. The predicted molar refractivity (Wildman–Crippen MR) is 55.1 cm³/mol. The zero-order valence-corrected chi connectivity index (χ0v) is 9.71. The highest BCUT2D eigenvalue weighted by atomic mass is 32.2. The first-order valence-corrected chi connectivity index (χ1v) is 6.31. The molecule has 0 saturated heterocycles. The van der Waals surface area contributed by atoms with Gasteiger partial charge in [-0.05, 0) is 6.42 Å². The van der Waals surface area contributed by atoms with Gasteiger partial charge in [0.15, 0.2) is 6.10 Å². The number of hydrogen-bond donors (Lipinski definition) is 2. The van der Waals surface area contributed by atoms with E-state index >= 15 is 0 Å². The minimum absolute atomic E-state index is 0.0134. The van der Waals surface area contributed by atoms with Crippen molar-refractivity contribution in [1.82, 2.24) is 4.72 Å². The first-order chi connectivity index (χ1) is 6.93. The molecule has 0 amide bonds. The van der Waals surface area contributed by atoms with Gasteiger partial charge < -0.3 is 9.84 Å². The maximum Gasteiger partial charge on any atom is 0.334 e. The second-order valence-electron chi connectivity index (χ2n) is 3.08. The van der Waals surface area contributed by atoms with Crippen molar-refractivity contribution in [2.45, 2.75) is 25.9 Å². The van der Waals surface area contributed by atoms with Crippen LogP contribution in [-0.4, -0.2) is 45.0 Å². The number of unbranched alkanes of at least 4 members (excludes halogenated alkanes) is 1. The minimum atomic E-state index is -3.38. The number of hydrogen-bond acceptors (Lipinski definition) is 4. The summed E-state index contributed by atoms with van der Waals surface area (Å²) in [6.45, 7) is 1.64. The highest BCUT2D eigenvalue weighted by Gasteiger charge is 2.19. The summed E-state index contributed by atoms with van der Waals surface area (Å²) in [7, 11) is -2.15. The van der Waals surface area contributed by atoms with E-state index in [9.17, 15) is 13.2 Å². The van der Waals surface area contributed by atoms with E-state index in [-0.39, 0.29) is 12.3 Å². The van der Waals surface area contributed by atoms with Crippen LogP contribution >= 0.6 is 0 Å². The first kappa shape index (κ1) is 14.3. The summed E-state index contributed by atoms with van der Waals surface area (Å²) in [5, 5.41) is 8.59. The van der Waals surface area contributed by atoms with Crippen LogP contribution in [0.25, 0.3) is 0 Å². The van der Waals surface area contributed by atoms with Crippen molar-refractivity contribution in [1.29, 1.82) is 0 Å². The van der Waals surface area contributed by atoms with Gasteiger partial charge in [-0.1, -0.05) is 13.3 Å². The quantitative estimate of drug-likeness (QED) is 0.612. The minimum Gasteiger partial charge on any atom is -0.479 e. The van der Waals surface area contributed by atoms with Gasteiger partial charge in [-0.15, -0.1) is 0 Å². The number of carboxylic acids is 1. The third kappa shape index (κ3) is 6.43. The number of methoxy groups -OCH3 is 1. The molecule has 0 bridgehead atoms. The van der Waals surface area contributed by atoms with Crippen LogP contribution in [0.5, 0.6) is 0 Å². The lowest BCUT2D eigenvalue weighted by Crippen LogP contribution is -2.38. The first-order valence-electron chi connectivity index (χ1n) is 4.66. The van der Waals surface area contributed by atoms with E-state index in [1.54, 1.807) is 0 Å². The molecule has 90 valence electrons. The molecule has 6 nitrogen and oxygen atoms in total. The summed E-state index contributed by atoms with van der Waals surface area (Å²) in [5.41, 5.74) is 0. The number of ether oxygens (including phenoxy) is 1. The van der Waals surface area contributed by atoms with E-state index < -0.39 is 22.1 Å². The van der Waals surface area contributed by atoms with Gasteiger partial charge in [0.25, 0.3) is 0 Å². The van der Waals surface area contributed by atoms with E-state index in [0.29, 0.717) is 6.42 Å². The number of nitrogens with one attached hydrogen (secondary N) is 1. The Balaban J connectivity index is 4.07. The third-order valence-corrected chi connectivity index (χ3v) is 3.25. The summed E-state index contributed by atoms with van der Waals surface area (Å²) in [6.07, 6.45) is 0.189. The highest BCUT2D eigenvalue weighted by Crippen LogP contribution is 1.95. The van der Waals surface area contributed by atoms with E-state index in [0.717, 1.165) is 6.42 Å². The van der Waals surface area contributed by atoms with Crippen LogP contribution in [0, 0.1) is 0 Å². The summed E-state index contributed by atoms with van der Waals surface area (Å²) < 4.78 is 29.3. The molecule has 0 rings (SSSR count). The smallest absolute Gasteiger partial charge is 0.334 e. The van der Waals surface area contributed by atoms with Crippen molar-refractivity contribution >= 4 is 16.0 Å². The molecule has 0 aliphatic heterocycles. The van der Waals surface area contributed by atoms with Crippen LogP contribution in [0.2, 0.25) is 0 Å². The topological polar surface area (TPSA) is 92.7 Å². The molecule has 0 aromatic carbocycles. The Labute approximate surface area is 89.7 Å². The molecular formula is C8H17NO5S. The number of aliphatic carboxylic acids is 1. The number of rotatable bonds is 8. The van der Waals surface area contributed by atoms with E-state index in [1.807, 2.05) is 6.92 Å². The normalized spacial score (nSPS) is 13.7. The van der Waals surface area contributed by atoms with Crippen molar-refractivity contribution in [3.63, 3.8) is 0 Å². The number of sulfonamides is 1. The molecule has 0 spiro atoms. The fourth-order valence-electron chi connectivity index (χ4n) is 0.881. The van der Waals surface area contributed by atoms with Crippen molar-refractivity contribution in [3.8, 4) is 0 Å². The van der Waals surface area contributed by atoms with Crippen molar-refractivity contribution < 1.29 is 23.1 Å². The van der Waals surface area contributed by atoms with Crippen LogP contribution in [-0.2, 0) is 19.6 Å². The second kappa shape index (κ2) is 6.76. The van der Waals surface area contributed by atoms with Crippen LogP contribution in [0.1, 0.15) is 19.8 Å². The van der Waals surface area contributed by atoms with Gasteiger partial charge in [-0.2, -0.15) is 0 Å². The SMILES string of the molecule is CCCCS(=O)(=O)NCC(OC)C(=O)O. The van der Waals surface area contributed by atoms with Crippen molar-refractivity contribution in [2.24, 2.45) is 0 Å². The molecule has 0 aromatic rings. The fraction of sp³-hybridized carbons (Fsp3) is 0.875. The molecule has 1 unspecified atom stereocenters. The predicted octanol–water partition coefficient (Wildman–Crippen LogP) is -0.194. The third-order valence-electron chi connectivity index (χ3n) is 1.82. The summed E-state index contributed by atoms with van der Waals surface area (Å²) in [5.74, 6) is -1.17. The van der Waals surface area contributed by atoms with Crippen molar-refractivity contribution in [2.75, 3.05) is 19.4 Å². The standard InChI is InChI=1S/C8H17NO5S/c1-3-4-5-15(12,13)9-6-7(14-2)8(10)11/h7,9H,3-6H2,1-2H3,(H,10,11). The maximum absolute atomic E-state index is 11.3. The van der Waals surface area contributed by atoms with Gasteiger partial charge in [-0.25, -0.2) is 17.9 Å². The van der Waals surface area contributed by atoms with E-state index in [2.05, 4.69) is 9.46 Å². The molecule has 0 aliphatic rings. The maximum atomic E-state index is 11.3. The average Bonchev–Trinajstić information content (AvgIpc) is 2.15. The van der Waals surface area contributed by atoms with Gasteiger partial charge in [0.2, 0.25) is 10.0 Å². The number of carboxylic acid groups (broad SMARTS) is 1. The van der Waals surface area contributed by atoms with Crippen LogP contribution < -0.4 is 4.72 Å². The molecule has 2 N–H and O–H groups in total. The van der Waals surface area contributed by atoms with Crippen LogP contribution in [0.15, 0.2) is 0 Å². The summed E-state index contributed by atoms with van der Waals surface area (Å²) >= 11 is 0. The molecule has 0 saturated carbocycles. The largest absolute Gasteiger partial charge is 0.479 e. The van der Waals surface area contributed by atoms with Gasteiger partial charge in [0, 0.05) is 13.7 Å². The van der Waals surface area contributed by atoms with E-state index in [1.165, 1.54) is 7.11 Å². The van der Waals surface area contributed by atoms with Gasteiger partial charge in [0.1, 0.15) is 0 Å². The lowest BCUT2D eigenvalue weighted by molar-refractivity contribution is -0.147. The lowest BCUT2D eigenvalue weighted by Gasteiger charge is -2.11. The molecule has 0 aliphatic carbocycles. The molecule has 0 heterocycles. The molecule has 0 aromatic heterocycles. The second-order valence-corrected chi connectivity index (χ2v) is 5.01. The van der Waals surface area contributed by atoms with E-state index in [4.69, 9.17) is 5.11 Å². The Morgan fingerprint density at radius 2 is 2.13 bits per heavy atom. The molecular weight excluding hydrogens is 222 g/mol. The molecule has 0 radical (unpaired) electrons. The monoisotopic (exact) mass is 239 g/mol. The Hall–Kier alpha value is -0.660. The average molecular weight is 239 g/mol. The van der Waals surface area contributed by atoms with Crippen LogP contribution in [0.3, 0.4) is 0 Å². The van der Waals surface area contributed by atoms with Gasteiger partial charge in [0.05, 0.1) is 5.75 Å². The summed E-state index contributed by atoms with van der Waals surface area (Å²) in [4.78, 5) is 10.5. The summed E-state index contributed by atoms with van der Waals surface area (Å²) in [6, 6.07) is 0. The molecule has 15 heavy (non-hydrogen) atoms. The fourth-order valence-corrected chi connectivity index (χ4v) is 2.10. The van der Waals surface area contributed by atoms with Crippen molar-refractivity contribution in [3.05, 3.63) is 0 Å². The zero-order valence-electron chi connectivity index (χ0n) is 8.89. The zero-order chi connectivity index (χ0) is 11.9. The van der Waals surface area contributed by atoms with Gasteiger partial charge >= 0.3 is 5.97 Å². The van der Waals surface area contributed by atoms with Crippen LogP contribution in [0.4, 0.5) is 0 Å². The Morgan fingerprint density at radius 3 is 2.53 bits per heavy atom. The Kier molecular flexibility index (Phi) is 6.46. The molecule has 0 fully saturated rings. The molecule has 7 heteroatoms. The number of carbonyl (C=O) groups is 1. The Morgan fingerprint density at radius 1 is 1.53 bits per heavy atom. The lowest BCUT2D eigenvalue weighted by atomic mass is 10.4. The van der Waals surface area contributed by atoms with Gasteiger partial charge in [-0.3, -0.25) is 0 Å².